The Labute approximate surface area is 97.6 Å². The summed E-state index contributed by atoms with van der Waals surface area (Å²) in [6.45, 7) is 2.09. The average molecular weight is 280 g/mol. The zero-order valence-corrected chi connectivity index (χ0v) is 10.4. The molecule has 78 valence electrons. The fraction of sp³-hybridized carbons (Fsp3) is 0.455. The van der Waals surface area contributed by atoms with Gasteiger partial charge in [-0.2, -0.15) is 0 Å². The van der Waals surface area contributed by atoms with Gasteiger partial charge in [-0.25, -0.2) is 4.39 Å². The van der Waals surface area contributed by atoms with Crippen LogP contribution in [0.4, 0.5) is 4.39 Å². The molecule has 0 saturated heterocycles. The molecule has 1 rings (SSSR count). The maximum atomic E-state index is 13.3. The maximum absolute atomic E-state index is 13.3. The lowest BCUT2D eigenvalue weighted by Gasteiger charge is -2.06. The summed E-state index contributed by atoms with van der Waals surface area (Å²) in [4.78, 5) is 0.480. The summed E-state index contributed by atoms with van der Waals surface area (Å²) >= 11 is 9.35. The van der Waals surface area contributed by atoms with Gasteiger partial charge < -0.3 is 0 Å². The smallest absolute Gasteiger partial charge is 0.127 e. The van der Waals surface area contributed by atoms with Crippen LogP contribution in [0.2, 0.25) is 5.02 Å². The van der Waals surface area contributed by atoms with Crippen molar-refractivity contribution in [2.45, 2.75) is 31.0 Å². The van der Waals surface area contributed by atoms with E-state index in [1.807, 2.05) is 0 Å². The minimum atomic E-state index is -0.195. The Bertz CT molecular complexity index is 279. The van der Waals surface area contributed by atoms with Crippen LogP contribution in [0.1, 0.15) is 25.3 Å². The van der Waals surface area contributed by atoms with E-state index in [2.05, 4.69) is 22.9 Å². The summed E-state index contributed by atoms with van der Waals surface area (Å²) in [5.41, 5.74) is 0.641. The first kappa shape index (κ1) is 12.0. The van der Waals surface area contributed by atoms with Crippen molar-refractivity contribution in [3.05, 3.63) is 34.6 Å². The highest BCUT2D eigenvalue weighted by Crippen LogP contribution is 2.21. The molecule has 0 spiro atoms. The highest BCUT2D eigenvalue weighted by Gasteiger charge is 2.06. The second-order valence-corrected chi connectivity index (χ2v) is 5.34. The van der Waals surface area contributed by atoms with Crippen LogP contribution in [0.3, 0.4) is 0 Å². The Hall–Kier alpha value is -0.0800. The molecule has 0 fully saturated rings. The molecule has 0 aromatic heterocycles. The number of hydrogen-bond acceptors (Lipinski definition) is 0. The van der Waals surface area contributed by atoms with Crippen LogP contribution in [0.5, 0.6) is 0 Å². The lowest BCUT2D eigenvalue weighted by Crippen LogP contribution is -1.96. The summed E-state index contributed by atoms with van der Waals surface area (Å²) in [6.07, 6.45) is 2.69. The molecule has 0 aliphatic heterocycles. The number of halogens is 3. The van der Waals surface area contributed by atoms with Crippen LogP contribution in [-0.2, 0) is 6.42 Å². The molecule has 1 aromatic carbocycles. The van der Waals surface area contributed by atoms with Crippen LogP contribution in [0.25, 0.3) is 0 Å². The van der Waals surface area contributed by atoms with Crippen molar-refractivity contribution in [3.63, 3.8) is 0 Å². The minimum Gasteiger partial charge on any atom is -0.207 e. The van der Waals surface area contributed by atoms with E-state index in [9.17, 15) is 4.39 Å². The molecule has 0 amide bonds. The Morgan fingerprint density at radius 3 is 2.79 bits per heavy atom. The van der Waals surface area contributed by atoms with Gasteiger partial charge in [0.25, 0.3) is 0 Å². The molecule has 0 bridgehead atoms. The van der Waals surface area contributed by atoms with E-state index < -0.39 is 0 Å². The molecule has 0 heterocycles. The van der Waals surface area contributed by atoms with Crippen molar-refractivity contribution in [2.24, 2.45) is 0 Å². The van der Waals surface area contributed by atoms with Crippen molar-refractivity contribution in [1.82, 2.24) is 0 Å². The number of alkyl halides is 1. The molecule has 0 radical (unpaired) electrons. The topological polar surface area (TPSA) is 0 Å². The molecule has 0 nitrogen and oxygen atoms in total. The van der Waals surface area contributed by atoms with E-state index >= 15 is 0 Å². The van der Waals surface area contributed by atoms with Crippen molar-refractivity contribution in [1.29, 1.82) is 0 Å². The quantitative estimate of drug-likeness (QED) is 0.707. The molecule has 1 unspecified atom stereocenters. The molecule has 14 heavy (non-hydrogen) atoms. The molecule has 0 aliphatic rings. The van der Waals surface area contributed by atoms with Gasteiger partial charge in [0.2, 0.25) is 0 Å². The molecule has 0 N–H and O–H groups in total. The zero-order valence-electron chi connectivity index (χ0n) is 8.06. The molecule has 0 saturated carbocycles. The number of hydrogen-bond donors (Lipinski definition) is 0. The third-order valence-corrected chi connectivity index (χ3v) is 2.90. The van der Waals surface area contributed by atoms with Gasteiger partial charge in [0.05, 0.1) is 0 Å². The third kappa shape index (κ3) is 3.58. The Morgan fingerprint density at radius 2 is 2.21 bits per heavy atom. The lowest BCUT2D eigenvalue weighted by atomic mass is 10.1. The molecular formula is C11H13BrClF. The molecule has 0 aliphatic carbocycles. The first-order chi connectivity index (χ1) is 6.61. The van der Waals surface area contributed by atoms with Gasteiger partial charge in [-0.1, -0.05) is 40.5 Å². The van der Waals surface area contributed by atoms with E-state index in [4.69, 9.17) is 11.6 Å². The SMILES string of the molecule is CC(Br)CCCc1c(F)cccc1Cl. The minimum absolute atomic E-state index is 0.195. The highest BCUT2D eigenvalue weighted by molar-refractivity contribution is 9.09. The second-order valence-electron chi connectivity index (χ2n) is 3.37. The van der Waals surface area contributed by atoms with Crippen LogP contribution in [0.15, 0.2) is 18.2 Å². The van der Waals surface area contributed by atoms with E-state index in [-0.39, 0.29) is 5.82 Å². The van der Waals surface area contributed by atoms with Gasteiger partial charge >= 0.3 is 0 Å². The second kappa shape index (κ2) is 5.72. The number of benzene rings is 1. The average Bonchev–Trinajstić information content (AvgIpc) is 2.09. The Morgan fingerprint density at radius 1 is 1.50 bits per heavy atom. The maximum Gasteiger partial charge on any atom is 0.127 e. The highest BCUT2D eigenvalue weighted by atomic mass is 79.9. The predicted octanol–water partition coefficient (Wildman–Crippen LogP) is 4.59. The fourth-order valence-corrected chi connectivity index (χ4v) is 1.91. The van der Waals surface area contributed by atoms with Gasteiger partial charge in [-0.15, -0.1) is 0 Å². The number of rotatable bonds is 4. The first-order valence-corrected chi connectivity index (χ1v) is 5.97. The monoisotopic (exact) mass is 278 g/mol. The van der Waals surface area contributed by atoms with Crippen LogP contribution in [-0.4, -0.2) is 4.83 Å². The van der Waals surface area contributed by atoms with E-state index in [1.54, 1.807) is 12.1 Å². The van der Waals surface area contributed by atoms with Crippen LogP contribution >= 0.6 is 27.5 Å². The van der Waals surface area contributed by atoms with E-state index in [0.29, 0.717) is 21.8 Å². The first-order valence-electron chi connectivity index (χ1n) is 4.68. The van der Waals surface area contributed by atoms with Crippen LogP contribution < -0.4 is 0 Å². The summed E-state index contributed by atoms with van der Waals surface area (Å²) in [5, 5.41) is 0.534. The largest absolute Gasteiger partial charge is 0.207 e. The van der Waals surface area contributed by atoms with Crippen molar-refractivity contribution in [2.75, 3.05) is 0 Å². The van der Waals surface area contributed by atoms with Gasteiger partial charge in [-0.05, 0) is 31.4 Å². The van der Waals surface area contributed by atoms with Gasteiger partial charge in [0, 0.05) is 15.4 Å². The van der Waals surface area contributed by atoms with Crippen molar-refractivity contribution < 1.29 is 4.39 Å². The van der Waals surface area contributed by atoms with Crippen molar-refractivity contribution >= 4 is 27.5 Å². The lowest BCUT2D eigenvalue weighted by molar-refractivity contribution is 0.600. The normalized spacial score (nSPS) is 12.9. The van der Waals surface area contributed by atoms with Crippen molar-refractivity contribution in [3.8, 4) is 0 Å². The Kier molecular flexibility index (Phi) is 4.90. The zero-order chi connectivity index (χ0) is 10.6. The standard InChI is InChI=1S/C11H13BrClF/c1-8(12)4-2-5-9-10(13)6-3-7-11(9)14/h3,6-8H,2,4-5H2,1H3. The molecular weight excluding hydrogens is 266 g/mol. The Balaban J connectivity index is 2.58. The fourth-order valence-electron chi connectivity index (χ4n) is 1.33. The van der Waals surface area contributed by atoms with Gasteiger partial charge in [0.1, 0.15) is 5.82 Å². The van der Waals surface area contributed by atoms with Gasteiger partial charge in [-0.3, -0.25) is 0 Å². The molecule has 1 atom stereocenters. The summed E-state index contributed by atoms with van der Waals surface area (Å²) in [7, 11) is 0. The van der Waals surface area contributed by atoms with Gasteiger partial charge in [0.15, 0.2) is 0 Å². The summed E-state index contributed by atoms with van der Waals surface area (Å²) in [5.74, 6) is -0.195. The van der Waals surface area contributed by atoms with Crippen LogP contribution in [0, 0.1) is 5.82 Å². The summed E-state index contributed by atoms with van der Waals surface area (Å²) < 4.78 is 13.3. The molecule has 3 heteroatoms. The van der Waals surface area contributed by atoms with E-state index in [1.165, 1.54) is 6.07 Å². The van der Waals surface area contributed by atoms with E-state index in [0.717, 1.165) is 12.8 Å². The summed E-state index contributed by atoms with van der Waals surface area (Å²) in [6, 6.07) is 4.82. The third-order valence-electron chi connectivity index (χ3n) is 2.09. The molecule has 1 aromatic rings. The predicted molar refractivity (Wildman–Crippen MR) is 62.7 cm³/mol.